The van der Waals surface area contributed by atoms with Gasteiger partial charge in [-0.3, -0.25) is 4.79 Å². The average Bonchev–Trinajstić information content (AvgIpc) is 2.64. The van der Waals surface area contributed by atoms with Gasteiger partial charge in [-0.25, -0.2) is 0 Å². The zero-order chi connectivity index (χ0) is 18.7. The van der Waals surface area contributed by atoms with Crippen LogP contribution in [0.2, 0.25) is 0 Å². The van der Waals surface area contributed by atoms with Crippen molar-refractivity contribution in [1.29, 1.82) is 0 Å². The molecular formula is C20H19O5P. The third-order valence-electron chi connectivity index (χ3n) is 3.03. The molecule has 0 aliphatic carbocycles. The quantitative estimate of drug-likeness (QED) is 0.428. The number of hydrogen-bond donors (Lipinski definition) is 0. The Labute approximate surface area is 152 Å². The molecule has 3 aromatic carbocycles. The van der Waals surface area contributed by atoms with Crippen molar-refractivity contribution in [3.63, 3.8) is 0 Å². The van der Waals surface area contributed by atoms with E-state index in [1.165, 1.54) is 5.56 Å². The van der Waals surface area contributed by atoms with Gasteiger partial charge in [0.05, 0.1) is 0 Å². The third kappa shape index (κ3) is 6.83. The molecule has 0 aliphatic rings. The van der Waals surface area contributed by atoms with Gasteiger partial charge in [0.2, 0.25) is 0 Å². The van der Waals surface area contributed by atoms with Crippen LogP contribution >= 0.6 is 7.82 Å². The Morgan fingerprint density at radius 2 is 1.08 bits per heavy atom. The smallest absolute Gasteiger partial charge is 0.386 e. The van der Waals surface area contributed by atoms with Crippen LogP contribution in [-0.2, 0) is 13.9 Å². The highest BCUT2D eigenvalue weighted by Gasteiger charge is 2.32. The fraction of sp³-hybridized carbons (Fsp3) is 0.0500. The molecule has 0 radical (unpaired) electrons. The molecule has 0 heterocycles. The molecule has 6 heteroatoms. The first-order chi connectivity index (χ1) is 12.6. The monoisotopic (exact) mass is 370 g/mol. The first kappa shape index (κ1) is 19.3. The Morgan fingerprint density at radius 3 is 1.38 bits per heavy atom. The van der Waals surface area contributed by atoms with E-state index in [0.29, 0.717) is 0 Å². The van der Waals surface area contributed by atoms with E-state index >= 15 is 0 Å². The van der Waals surface area contributed by atoms with Crippen LogP contribution in [0.5, 0.6) is 11.5 Å². The minimum absolute atomic E-state index is 0.0344. The number of carbonyl (C=O) groups is 1. The van der Waals surface area contributed by atoms with Gasteiger partial charge < -0.3 is 13.6 Å². The van der Waals surface area contributed by atoms with Crippen molar-refractivity contribution in [1.82, 2.24) is 0 Å². The van der Waals surface area contributed by atoms with Gasteiger partial charge in [-0.15, -0.1) is 0 Å². The molecule has 0 spiro atoms. The van der Waals surface area contributed by atoms with Crippen LogP contribution in [-0.4, -0.2) is 6.47 Å². The lowest BCUT2D eigenvalue weighted by molar-refractivity contribution is -0.121. The molecule has 0 N–H and O–H groups in total. The molecule has 5 nitrogen and oxygen atoms in total. The van der Waals surface area contributed by atoms with Gasteiger partial charge in [0.1, 0.15) is 11.5 Å². The fourth-order valence-electron chi connectivity index (χ4n) is 1.87. The Bertz CT molecular complexity index is 777. The normalized spacial score (nSPS) is 10.0. The second kappa shape index (κ2) is 10.1. The van der Waals surface area contributed by atoms with E-state index in [1.807, 2.05) is 18.2 Å². The Balaban J connectivity index is 0.000000290. The van der Waals surface area contributed by atoms with E-state index < -0.39 is 7.82 Å². The number of benzene rings is 3. The summed E-state index contributed by atoms with van der Waals surface area (Å²) in [4.78, 5) is 10.4. The lowest BCUT2D eigenvalue weighted by Gasteiger charge is -2.16. The van der Waals surface area contributed by atoms with E-state index in [0.717, 1.165) is 0 Å². The van der Waals surface area contributed by atoms with Crippen molar-refractivity contribution >= 4 is 14.3 Å². The number of phosphoric ester groups is 1. The van der Waals surface area contributed by atoms with Crippen LogP contribution in [0.25, 0.3) is 0 Å². The van der Waals surface area contributed by atoms with Gasteiger partial charge in [-0.2, -0.15) is 4.57 Å². The molecule has 3 aromatic rings. The van der Waals surface area contributed by atoms with Crippen LogP contribution in [0.1, 0.15) is 5.56 Å². The predicted molar refractivity (Wildman–Crippen MR) is 100 cm³/mol. The van der Waals surface area contributed by atoms with Gasteiger partial charge in [-0.05, 0) is 31.2 Å². The first-order valence-corrected chi connectivity index (χ1v) is 9.30. The van der Waals surface area contributed by atoms with Crippen molar-refractivity contribution in [2.75, 3.05) is 0 Å². The van der Waals surface area contributed by atoms with Gasteiger partial charge in [0.25, 0.3) is 0 Å². The van der Waals surface area contributed by atoms with Crippen LogP contribution in [0.4, 0.5) is 0 Å². The van der Waals surface area contributed by atoms with Crippen LogP contribution in [0.3, 0.4) is 0 Å². The molecule has 0 aromatic heterocycles. The maximum atomic E-state index is 12.3. The maximum Gasteiger partial charge on any atom is 0.649 e. The Morgan fingerprint density at radius 1 is 0.692 bits per heavy atom. The van der Waals surface area contributed by atoms with Crippen LogP contribution < -0.4 is 9.05 Å². The van der Waals surface area contributed by atoms with E-state index in [4.69, 9.17) is 9.05 Å². The highest BCUT2D eigenvalue weighted by Crippen LogP contribution is 2.48. The molecule has 0 saturated carbocycles. The van der Waals surface area contributed by atoms with Gasteiger partial charge in [0.15, 0.2) is 0 Å². The van der Waals surface area contributed by atoms with Crippen molar-refractivity contribution in [3.05, 3.63) is 96.6 Å². The SMILES string of the molecule is Cc1ccccc1.O=COP(=O)(Oc1ccccc1)Oc1ccccc1. The molecule has 0 saturated heterocycles. The van der Waals surface area contributed by atoms with E-state index in [9.17, 15) is 9.36 Å². The molecule has 3 rings (SSSR count). The Hall–Kier alpha value is -3.04. The lowest BCUT2D eigenvalue weighted by Crippen LogP contribution is -2.04. The van der Waals surface area contributed by atoms with Crippen molar-refractivity contribution in [3.8, 4) is 11.5 Å². The summed E-state index contributed by atoms with van der Waals surface area (Å²) in [6.45, 7) is 2.12. The third-order valence-corrected chi connectivity index (χ3v) is 4.25. The molecule has 26 heavy (non-hydrogen) atoms. The molecule has 134 valence electrons. The van der Waals surface area contributed by atoms with E-state index in [-0.39, 0.29) is 18.0 Å². The number of carbonyl (C=O) groups excluding carboxylic acids is 1. The largest absolute Gasteiger partial charge is 0.649 e. The maximum absolute atomic E-state index is 12.3. The number of hydrogen-bond acceptors (Lipinski definition) is 5. The zero-order valence-corrected chi connectivity index (χ0v) is 15.1. The number of aryl methyl sites for hydroxylation is 1. The summed E-state index contributed by atoms with van der Waals surface area (Å²) in [5.74, 6) is 0.562. The predicted octanol–water partition coefficient (Wildman–Crippen LogP) is 5.42. The van der Waals surface area contributed by atoms with Crippen LogP contribution in [0, 0.1) is 6.92 Å². The average molecular weight is 370 g/mol. The molecule has 0 amide bonds. The number of para-hydroxylation sites is 2. The molecular weight excluding hydrogens is 351 g/mol. The summed E-state index contributed by atoms with van der Waals surface area (Å²) in [6.07, 6.45) is 0. The van der Waals surface area contributed by atoms with Crippen LogP contribution in [0.15, 0.2) is 91.0 Å². The minimum Gasteiger partial charge on any atom is -0.386 e. The summed E-state index contributed by atoms with van der Waals surface area (Å²) in [6, 6.07) is 26.9. The summed E-state index contributed by atoms with van der Waals surface area (Å²) in [7, 11) is -4.03. The summed E-state index contributed by atoms with van der Waals surface area (Å²) in [5.41, 5.74) is 1.32. The zero-order valence-electron chi connectivity index (χ0n) is 14.2. The number of rotatable bonds is 6. The molecule has 0 fully saturated rings. The topological polar surface area (TPSA) is 61.8 Å². The first-order valence-electron chi connectivity index (χ1n) is 7.84. The van der Waals surface area contributed by atoms with E-state index in [2.05, 4.69) is 23.6 Å². The molecule has 0 bridgehead atoms. The van der Waals surface area contributed by atoms with Crippen molar-refractivity contribution in [2.24, 2.45) is 0 Å². The second-order valence-electron chi connectivity index (χ2n) is 5.11. The van der Waals surface area contributed by atoms with Crippen molar-refractivity contribution in [2.45, 2.75) is 6.92 Å². The standard InChI is InChI=1S/C13H11O5P.C7H8/c14-11-16-19(15,17-12-7-3-1-4-8-12)18-13-9-5-2-6-10-13;1-7-5-3-2-4-6-7/h1-11H;2-6H,1H3. The highest BCUT2D eigenvalue weighted by molar-refractivity contribution is 7.49. The van der Waals surface area contributed by atoms with Gasteiger partial charge in [0, 0.05) is 0 Å². The summed E-state index contributed by atoms with van der Waals surface area (Å²) < 4.78 is 27.0. The van der Waals surface area contributed by atoms with Crippen molar-refractivity contribution < 1.29 is 22.9 Å². The number of phosphoric acid groups is 1. The molecule has 0 unspecified atom stereocenters. The van der Waals surface area contributed by atoms with Gasteiger partial charge in [-0.1, -0.05) is 72.3 Å². The summed E-state index contributed by atoms with van der Waals surface area (Å²) >= 11 is 0. The van der Waals surface area contributed by atoms with Gasteiger partial charge >= 0.3 is 14.3 Å². The molecule has 0 atom stereocenters. The lowest BCUT2D eigenvalue weighted by atomic mass is 10.2. The fourth-order valence-corrected chi connectivity index (χ4v) is 2.86. The van der Waals surface area contributed by atoms with E-state index in [1.54, 1.807) is 60.7 Å². The summed E-state index contributed by atoms with van der Waals surface area (Å²) in [5, 5.41) is 0. The Kier molecular flexibility index (Phi) is 7.47. The molecule has 0 aliphatic heterocycles. The highest BCUT2D eigenvalue weighted by atomic mass is 31.2. The minimum atomic E-state index is -4.03. The second-order valence-corrected chi connectivity index (χ2v) is 6.58.